The van der Waals surface area contributed by atoms with Crippen LogP contribution in [0.25, 0.3) is 11.7 Å². The van der Waals surface area contributed by atoms with Gasteiger partial charge in [0.25, 0.3) is 0 Å². The summed E-state index contributed by atoms with van der Waals surface area (Å²) in [5.74, 6) is 0. The van der Waals surface area contributed by atoms with Crippen molar-refractivity contribution in [3.8, 4) is 0 Å². The van der Waals surface area contributed by atoms with E-state index in [2.05, 4.69) is 15.9 Å². The molecule has 0 atom stereocenters. The molecular weight excluding hydrogens is 320 g/mol. The van der Waals surface area contributed by atoms with E-state index in [-0.39, 0.29) is 0 Å². The maximum atomic E-state index is 14.7. The summed E-state index contributed by atoms with van der Waals surface area (Å²) in [4.78, 5) is 0. The maximum Gasteiger partial charge on any atom is 0.525 e. The molecule has 7 heteroatoms. The molecule has 2 aromatic heterocycles. The smallest absolute Gasteiger partial charge is 0.398 e. The van der Waals surface area contributed by atoms with Gasteiger partial charge in [-0.05, 0) is 46.6 Å². The first-order chi connectivity index (χ1) is 11.8. The third-order valence-electron chi connectivity index (χ3n) is 5.85. The Bertz CT molecular complexity index is 802. The van der Waals surface area contributed by atoms with Gasteiger partial charge in [0.15, 0.2) is 0 Å². The molecule has 134 valence electrons. The van der Waals surface area contributed by atoms with E-state index < -0.39 is 24.0 Å². The first-order valence-electron chi connectivity index (χ1n) is 9.06. The van der Waals surface area contributed by atoms with Crippen molar-refractivity contribution in [1.82, 2.24) is 14.2 Å². The lowest BCUT2D eigenvalue weighted by Gasteiger charge is -2.32. The van der Waals surface area contributed by atoms with Crippen molar-refractivity contribution >= 4 is 18.8 Å². The molecule has 1 saturated carbocycles. The topological polar surface area (TPSA) is 40.7 Å². The standard InChI is InChI=1S/C18H25BFN3O2/c1-17(2)18(3,4)25-19(24-17)15(20)11-13-12-16-22(9-10-23(16)21-13)14-7-5-6-8-14/h9-12,14H,5-8H2,1-4H3. The molecule has 25 heavy (non-hydrogen) atoms. The van der Waals surface area contributed by atoms with Crippen molar-refractivity contribution in [3.63, 3.8) is 0 Å². The van der Waals surface area contributed by atoms with Crippen LogP contribution in [0, 0.1) is 0 Å². The monoisotopic (exact) mass is 345 g/mol. The maximum absolute atomic E-state index is 14.7. The molecule has 2 aromatic rings. The van der Waals surface area contributed by atoms with Crippen molar-refractivity contribution in [2.24, 2.45) is 0 Å². The molecule has 0 N–H and O–H groups in total. The van der Waals surface area contributed by atoms with Crippen LogP contribution in [0.15, 0.2) is 24.2 Å². The van der Waals surface area contributed by atoms with Gasteiger partial charge in [-0.1, -0.05) is 12.8 Å². The van der Waals surface area contributed by atoms with Crippen LogP contribution < -0.4 is 0 Å². The quantitative estimate of drug-likeness (QED) is 0.783. The zero-order valence-corrected chi connectivity index (χ0v) is 15.3. The Morgan fingerprint density at radius 1 is 1.20 bits per heavy atom. The van der Waals surface area contributed by atoms with E-state index in [1.807, 2.05) is 44.5 Å². The van der Waals surface area contributed by atoms with Gasteiger partial charge in [-0.2, -0.15) is 5.10 Å². The lowest BCUT2D eigenvalue weighted by atomic mass is 9.87. The molecule has 3 heterocycles. The van der Waals surface area contributed by atoms with Crippen molar-refractivity contribution in [2.75, 3.05) is 0 Å². The van der Waals surface area contributed by atoms with E-state index in [4.69, 9.17) is 9.31 Å². The Hall–Kier alpha value is -1.60. The molecule has 0 bridgehead atoms. The Kier molecular flexibility index (Phi) is 3.85. The van der Waals surface area contributed by atoms with E-state index in [1.54, 1.807) is 0 Å². The number of aromatic nitrogens is 3. The zero-order valence-electron chi connectivity index (χ0n) is 15.3. The minimum absolute atomic E-state index is 0.452. The minimum atomic E-state index is -0.983. The second-order valence-electron chi connectivity index (χ2n) is 8.13. The number of hydrogen-bond acceptors (Lipinski definition) is 3. The molecule has 1 aliphatic heterocycles. The molecule has 1 aliphatic carbocycles. The van der Waals surface area contributed by atoms with Gasteiger partial charge in [-0.3, -0.25) is 0 Å². The van der Waals surface area contributed by atoms with Crippen LogP contribution >= 0.6 is 0 Å². The molecule has 1 saturated heterocycles. The normalized spacial score (nSPS) is 23.9. The van der Waals surface area contributed by atoms with Gasteiger partial charge in [-0.25, -0.2) is 8.91 Å². The largest absolute Gasteiger partial charge is 0.525 e. The fourth-order valence-corrected chi connectivity index (χ4v) is 3.64. The highest BCUT2D eigenvalue weighted by molar-refractivity contribution is 6.54. The molecule has 2 fully saturated rings. The summed E-state index contributed by atoms with van der Waals surface area (Å²) in [6.07, 6.45) is 10.3. The summed E-state index contributed by atoms with van der Waals surface area (Å²) < 4.78 is 30.2. The molecular formula is C18H25BFN3O2. The molecule has 0 aromatic carbocycles. The molecule has 0 unspecified atom stereocenters. The van der Waals surface area contributed by atoms with E-state index >= 15 is 0 Å². The molecule has 5 nitrogen and oxygen atoms in total. The Labute approximate surface area is 147 Å². The predicted molar refractivity (Wildman–Crippen MR) is 95.9 cm³/mol. The van der Waals surface area contributed by atoms with E-state index in [1.165, 1.54) is 31.8 Å². The molecule has 0 radical (unpaired) electrons. The third-order valence-corrected chi connectivity index (χ3v) is 5.85. The third kappa shape index (κ3) is 2.83. The number of hydrogen-bond donors (Lipinski definition) is 0. The summed E-state index contributed by atoms with van der Waals surface area (Å²) in [5.41, 5.74) is 0.0167. The van der Waals surface area contributed by atoms with Crippen molar-refractivity contribution in [2.45, 2.75) is 70.6 Å². The van der Waals surface area contributed by atoms with E-state index in [0.717, 1.165) is 5.65 Å². The van der Waals surface area contributed by atoms with Gasteiger partial charge in [0, 0.05) is 24.5 Å². The van der Waals surface area contributed by atoms with E-state index in [0.29, 0.717) is 11.7 Å². The lowest BCUT2D eigenvalue weighted by molar-refractivity contribution is 0.00578. The highest BCUT2D eigenvalue weighted by Gasteiger charge is 2.53. The molecule has 4 rings (SSSR count). The lowest BCUT2D eigenvalue weighted by Crippen LogP contribution is -2.41. The number of fused-ring (bicyclic) bond motifs is 1. The van der Waals surface area contributed by atoms with E-state index in [9.17, 15) is 4.39 Å². The van der Waals surface area contributed by atoms with Gasteiger partial charge in [0.2, 0.25) is 0 Å². The van der Waals surface area contributed by atoms with Crippen LogP contribution in [-0.2, 0) is 9.31 Å². The summed E-state index contributed by atoms with van der Waals surface area (Å²) in [7, 11) is -0.983. The Balaban J connectivity index is 1.59. The fraction of sp³-hybridized carbons (Fsp3) is 0.611. The summed E-state index contributed by atoms with van der Waals surface area (Å²) >= 11 is 0. The Morgan fingerprint density at radius 2 is 1.84 bits per heavy atom. The van der Waals surface area contributed by atoms with Gasteiger partial charge in [0.05, 0.1) is 16.9 Å². The zero-order chi connectivity index (χ0) is 17.8. The first-order valence-corrected chi connectivity index (χ1v) is 9.06. The van der Waals surface area contributed by atoms with Gasteiger partial charge < -0.3 is 13.9 Å². The summed E-state index contributed by atoms with van der Waals surface area (Å²) in [6, 6.07) is 2.45. The summed E-state index contributed by atoms with van der Waals surface area (Å²) in [5, 5.41) is 4.46. The van der Waals surface area contributed by atoms with Crippen molar-refractivity contribution < 1.29 is 13.7 Å². The van der Waals surface area contributed by atoms with Crippen molar-refractivity contribution in [3.05, 3.63) is 29.9 Å². The first kappa shape index (κ1) is 16.9. The highest BCUT2D eigenvalue weighted by Crippen LogP contribution is 2.39. The molecule has 2 aliphatic rings. The number of imidazole rings is 1. The number of rotatable bonds is 3. The average Bonchev–Trinajstić information content (AvgIpc) is 3.23. The second-order valence-corrected chi connectivity index (χ2v) is 8.13. The van der Waals surface area contributed by atoms with Crippen molar-refractivity contribution in [1.29, 1.82) is 0 Å². The van der Waals surface area contributed by atoms with Gasteiger partial charge in [0.1, 0.15) is 11.4 Å². The number of halogens is 1. The van der Waals surface area contributed by atoms with Gasteiger partial charge >= 0.3 is 7.12 Å². The highest BCUT2D eigenvalue weighted by atomic mass is 19.1. The SMILES string of the molecule is CC1(C)OB(C(F)=Cc2cc3n(C4CCCC4)ccn3n2)OC1(C)C. The van der Waals surface area contributed by atoms with Crippen LogP contribution in [0.4, 0.5) is 4.39 Å². The van der Waals surface area contributed by atoms with Crippen LogP contribution in [0.3, 0.4) is 0 Å². The second kappa shape index (κ2) is 5.71. The Morgan fingerprint density at radius 3 is 2.48 bits per heavy atom. The van der Waals surface area contributed by atoms with Crippen LogP contribution in [0.5, 0.6) is 0 Å². The number of nitrogens with zero attached hydrogens (tertiary/aromatic N) is 3. The minimum Gasteiger partial charge on any atom is -0.398 e. The predicted octanol–water partition coefficient (Wildman–Crippen LogP) is 4.19. The van der Waals surface area contributed by atoms with Crippen LogP contribution in [0.1, 0.15) is 65.1 Å². The summed E-state index contributed by atoms with van der Waals surface area (Å²) in [6.45, 7) is 7.65. The van der Waals surface area contributed by atoms with Gasteiger partial charge in [-0.15, -0.1) is 0 Å². The van der Waals surface area contributed by atoms with Crippen LogP contribution in [0.2, 0.25) is 0 Å². The fourth-order valence-electron chi connectivity index (χ4n) is 3.64. The average molecular weight is 345 g/mol. The molecule has 0 spiro atoms. The van der Waals surface area contributed by atoms with Crippen LogP contribution in [-0.4, -0.2) is 32.5 Å². The molecule has 0 amide bonds.